The predicted molar refractivity (Wildman–Crippen MR) is 117 cm³/mol. The number of aromatic amines is 1. The third-order valence-corrected chi connectivity index (χ3v) is 5.16. The van der Waals surface area contributed by atoms with E-state index in [0.717, 1.165) is 17.7 Å². The van der Waals surface area contributed by atoms with Crippen molar-refractivity contribution in [3.63, 3.8) is 0 Å². The van der Waals surface area contributed by atoms with Crippen LogP contribution in [0.4, 0.5) is 13.2 Å². The molecule has 8 heteroatoms. The van der Waals surface area contributed by atoms with Gasteiger partial charge in [0.15, 0.2) is 0 Å². The van der Waals surface area contributed by atoms with Crippen LogP contribution in [0.2, 0.25) is 5.02 Å². The minimum atomic E-state index is -4.46. The number of aryl methyl sites for hydroxylation is 1. The van der Waals surface area contributed by atoms with Crippen LogP contribution in [0.15, 0.2) is 66.9 Å². The largest absolute Gasteiger partial charge is 0.507 e. The predicted octanol–water partition coefficient (Wildman–Crippen LogP) is 7.01. The molecule has 0 unspecified atom stereocenters. The first-order valence-corrected chi connectivity index (χ1v) is 10.0. The van der Waals surface area contributed by atoms with E-state index >= 15 is 0 Å². The van der Waals surface area contributed by atoms with Crippen molar-refractivity contribution in [2.24, 2.45) is 0 Å². The Balaban J connectivity index is 1.62. The quantitative estimate of drug-likeness (QED) is 0.338. The van der Waals surface area contributed by atoms with Gasteiger partial charge in [-0.05, 0) is 60.0 Å². The van der Waals surface area contributed by atoms with Gasteiger partial charge in [-0.1, -0.05) is 29.8 Å². The lowest BCUT2D eigenvalue weighted by Crippen LogP contribution is -2.05. The number of nitrogens with one attached hydrogen (secondary N) is 1. The minimum absolute atomic E-state index is 0.0900. The number of hydrogen-bond acceptors (Lipinski definition) is 3. The molecule has 0 bridgehead atoms. The van der Waals surface area contributed by atoms with Crippen LogP contribution >= 0.6 is 11.6 Å². The lowest BCUT2D eigenvalue weighted by atomic mass is 9.97. The van der Waals surface area contributed by atoms with E-state index in [9.17, 15) is 18.3 Å². The van der Waals surface area contributed by atoms with Crippen LogP contribution in [-0.2, 0) is 12.8 Å². The molecule has 0 fully saturated rings. The van der Waals surface area contributed by atoms with E-state index in [1.807, 2.05) is 12.1 Å². The molecule has 32 heavy (non-hydrogen) atoms. The van der Waals surface area contributed by atoms with Crippen molar-refractivity contribution in [1.29, 1.82) is 0 Å². The molecule has 164 valence electrons. The Bertz CT molecular complexity index is 1250. The Labute approximate surface area is 187 Å². The number of hydrogen-bond donors (Lipinski definition) is 2. The number of phenols is 1. The van der Waals surface area contributed by atoms with Crippen LogP contribution < -0.4 is 4.74 Å². The van der Waals surface area contributed by atoms with Gasteiger partial charge in [0.2, 0.25) is 0 Å². The fourth-order valence-corrected chi connectivity index (χ4v) is 3.50. The number of halogens is 4. The lowest BCUT2D eigenvalue weighted by molar-refractivity contribution is -0.137. The van der Waals surface area contributed by atoms with Crippen molar-refractivity contribution in [1.82, 2.24) is 10.2 Å². The highest BCUT2D eigenvalue weighted by Crippen LogP contribution is 2.39. The van der Waals surface area contributed by atoms with Crippen molar-refractivity contribution in [2.75, 3.05) is 0 Å². The van der Waals surface area contributed by atoms with Gasteiger partial charge in [0.05, 0.1) is 17.5 Å². The molecule has 0 aliphatic heterocycles. The molecule has 0 atom stereocenters. The number of benzene rings is 3. The Morgan fingerprint density at radius 3 is 2.44 bits per heavy atom. The Morgan fingerprint density at radius 2 is 1.75 bits per heavy atom. The number of ether oxygens (including phenoxy) is 1. The van der Waals surface area contributed by atoms with Gasteiger partial charge >= 0.3 is 6.18 Å². The Morgan fingerprint density at radius 1 is 1.00 bits per heavy atom. The second kappa shape index (κ2) is 8.59. The molecule has 1 aromatic heterocycles. The van der Waals surface area contributed by atoms with Gasteiger partial charge in [-0.3, -0.25) is 5.10 Å². The number of alkyl halides is 3. The Kier molecular flexibility index (Phi) is 5.84. The van der Waals surface area contributed by atoms with E-state index < -0.39 is 11.7 Å². The van der Waals surface area contributed by atoms with Crippen LogP contribution in [0, 0.1) is 6.92 Å². The summed E-state index contributed by atoms with van der Waals surface area (Å²) in [4.78, 5) is 0. The van der Waals surface area contributed by atoms with E-state index in [2.05, 4.69) is 10.2 Å². The third-order valence-electron chi connectivity index (χ3n) is 4.91. The van der Waals surface area contributed by atoms with Gasteiger partial charge in [0, 0.05) is 22.2 Å². The van der Waals surface area contributed by atoms with Crippen molar-refractivity contribution >= 4 is 11.6 Å². The van der Waals surface area contributed by atoms with Crippen LogP contribution in [0.25, 0.3) is 22.4 Å². The molecule has 0 spiro atoms. The summed E-state index contributed by atoms with van der Waals surface area (Å²) in [5.74, 6) is 0.352. The molecule has 0 saturated carbocycles. The summed E-state index contributed by atoms with van der Waals surface area (Å²) in [6.07, 6.45) is -3.02. The summed E-state index contributed by atoms with van der Waals surface area (Å²) < 4.78 is 45.5. The van der Waals surface area contributed by atoms with Gasteiger partial charge in [-0.15, -0.1) is 0 Å². The fourth-order valence-electron chi connectivity index (χ4n) is 3.37. The highest BCUT2D eigenvalue weighted by molar-refractivity contribution is 6.30. The number of H-pyrrole nitrogens is 1. The molecule has 0 amide bonds. The number of rotatable bonds is 5. The second-order valence-corrected chi connectivity index (χ2v) is 7.77. The number of aromatic nitrogens is 2. The number of phenolic OH excluding ortho intramolecular Hbond substituents is 1. The average Bonchev–Trinajstić information content (AvgIpc) is 3.22. The van der Waals surface area contributed by atoms with E-state index in [4.69, 9.17) is 16.3 Å². The van der Waals surface area contributed by atoms with Gasteiger partial charge < -0.3 is 9.84 Å². The van der Waals surface area contributed by atoms with Crippen LogP contribution in [-0.4, -0.2) is 15.3 Å². The highest BCUT2D eigenvalue weighted by atomic mass is 35.5. The molecule has 0 radical (unpaired) electrons. The zero-order valence-corrected chi connectivity index (χ0v) is 17.6. The maximum atomic E-state index is 13.3. The van der Waals surface area contributed by atoms with E-state index in [1.54, 1.807) is 37.3 Å². The first kappa shape index (κ1) is 21.8. The topological polar surface area (TPSA) is 58.1 Å². The van der Waals surface area contributed by atoms with Gasteiger partial charge in [0.25, 0.3) is 0 Å². The lowest BCUT2D eigenvalue weighted by Gasteiger charge is -2.12. The van der Waals surface area contributed by atoms with E-state index in [-0.39, 0.29) is 12.4 Å². The second-order valence-electron chi connectivity index (χ2n) is 7.34. The summed E-state index contributed by atoms with van der Waals surface area (Å²) in [5.41, 5.74) is 2.24. The molecule has 4 nitrogen and oxygen atoms in total. The van der Waals surface area contributed by atoms with Crippen molar-refractivity contribution in [3.8, 4) is 33.9 Å². The van der Waals surface area contributed by atoms with Gasteiger partial charge in [-0.2, -0.15) is 18.3 Å². The number of nitrogens with zero attached hydrogens (tertiary/aromatic N) is 1. The van der Waals surface area contributed by atoms with Crippen LogP contribution in [0.5, 0.6) is 11.5 Å². The molecular weight excluding hydrogens is 441 g/mol. The van der Waals surface area contributed by atoms with Crippen molar-refractivity contribution < 1.29 is 23.0 Å². The normalized spacial score (nSPS) is 11.5. The summed E-state index contributed by atoms with van der Waals surface area (Å²) in [6.45, 7) is 1.89. The number of aromatic hydroxyl groups is 1. The van der Waals surface area contributed by atoms with E-state index in [1.165, 1.54) is 12.3 Å². The first-order chi connectivity index (χ1) is 15.2. The first-order valence-electron chi connectivity index (χ1n) is 9.64. The van der Waals surface area contributed by atoms with Crippen molar-refractivity contribution in [2.45, 2.75) is 19.7 Å². The van der Waals surface area contributed by atoms with Gasteiger partial charge in [0.1, 0.15) is 18.1 Å². The van der Waals surface area contributed by atoms with Gasteiger partial charge in [-0.25, -0.2) is 0 Å². The standard InChI is InChI=1S/C24H18ClF3N2O2/c1-14-8-16(10-17(9-14)24(26,27)28)21-12-29-30-23(21)20-7-6-19(11-22(20)31)32-13-15-2-4-18(25)5-3-15/h2-12,31H,13H2,1H3,(H,29,30). The molecule has 0 aliphatic rings. The average molecular weight is 459 g/mol. The Hall–Kier alpha value is -3.45. The van der Waals surface area contributed by atoms with E-state index in [0.29, 0.717) is 38.7 Å². The maximum Gasteiger partial charge on any atom is 0.416 e. The maximum absolute atomic E-state index is 13.3. The molecule has 2 N–H and O–H groups in total. The third kappa shape index (κ3) is 4.73. The fraction of sp³-hybridized carbons (Fsp3) is 0.125. The summed E-state index contributed by atoms with van der Waals surface area (Å²) in [5, 5.41) is 18.0. The molecule has 0 saturated heterocycles. The zero-order chi connectivity index (χ0) is 22.9. The molecule has 1 heterocycles. The molecule has 3 aromatic carbocycles. The molecule has 4 rings (SSSR count). The van der Waals surface area contributed by atoms with Crippen LogP contribution in [0.3, 0.4) is 0 Å². The molecule has 0 aliphatic carbocycles. The highest BCUT2D eigenvalue weighted by Gasteiger charge is 2.31. The summed E-state index contributed by atoms with van der Waals surface area (Å²) in [6, 6.07) is 15.8. The zero-order valence-electron chi connectivity index (χ0n) is 16.9. The molecular formula is C24H18ClF3N2O2. The molecule has 4 aromatic rings. The summed E-state index contributed by atoms with van der Waals surface area (Å²) >= 11 is 5.87. The minimum Gasteiger partial charge on any atom is -0.507 e. The smallest absolute Gasteiger partial charge is 0.416 e. The SMILES string of the molecule is Cc1cc(-c2cn[nH]c2-c2ccc(OCc3ccc(Cl)cc3)cc2O)cc(C(F)(F)F)c1. The van der Waals surface area contributed by atoms with Crippen molar-refractivity contribution in [3.05, 3.63) is 88.6 Å². The summed E-state index contributed by atoms with van der Waals surface area (Å²) in [7, 11) is 0. The monoisotopic (exact) mass is 458 g/mol. The van der Waals surface area contributed by atoms with Crippen LogP contribution in [0.1, 0.15) is 16.7 Å².